The van der Waals surface area contributed by atoms with Gasteiger partial charge in [0.25, 0.3) is 0 Å². The fraction of sp³-hybridized carbons (Fsp3) is 0.400. The van der Waals surface area contributed by atoms with Gasteiger partial charge >= 0.3 is 5.97 Å². The van der Waals surface area contributed by atoms with E-state index in [0.29, 0.717) is 17.7 Å². The third-order valence-corrected chi connectivity index (χ3v) is 1.80. The fourth-order valence-corrected chi connectivity index (χ4v) is 1.22. The molecule has 0 spiro atoms. The zero-order chi connectivity index (χ0) is 10.6. The summed E-state index contributed by atoms with van der Waals surface area (Å²) in [6.07, 6.45) is 0.450. The number of aromatic nitrogens is 1. The van der Waals surface area contributed by atoms with Gasteiger partial charge in [-0.05, 0) is 19.1 Å². The van der Waals surface area contributed by atoms with Crippen molar-refractivity contribution in [2.75, 3.05) is 13.7 Å². The fourth-order valence-electron chi connectivity index (χ4n) is 1.22. The van der Waals surface area contributed by atoms with Crippen LogP contribution in [0.15, 0.2) is 12.1 Å². The highest BCUT2D eigenvalue weighted by Crippen LogP contribution is 2.07. The van der Waals surface area contributed by atoms with Crippen LogP contribution < -0.4 is 0 Å². The summed E-state index contributed by atoms with van der Waals surface area (Å²) < 4.78 is 4.60. The molecule has 0 amide bonds. The van der Waals surface area contributed by atoms with E-state index in [9.17, 15) is 4.79 Å². The molecular formula is C10H13NO3. The predicted molar refractivity (Wildman–Crippen MR) is 51.1 cm³/mol. The second-order valence-electron chi connectivity index (χ2n) is 2.95. The van der Waals surface area contributed by atoms with Crippen LogP contribution in [0.5, 0.6) is 0 Å². The Kier molecular flexibility index (Phi) is 3.59. The average Bonchev–Trinajstić information content (AvgIpc) is 2.16. The lowest BCUT2D eigenvalue weighted by Gasteiger charge is -2.03. The number of pyridine rings is 1. The first-order valence-corrected chi connectivity index (χ1v) is 4.34. The second-order valence-corrected chi connectivity index (χ2v) is 2.95. The summed E-state index contributed by atoms with van der Waals surface area (Å²) in [7, 11) is 1.34. The molecule has 1 rings (SSSR count). The molecule has 14 heavy (non-hydrogen) atoms. The second kappa shape index (κ2) is 4.72. The summed E-state index contributed by atoms with van der Waals surface area (Å²) in [6, 6.07) is 3.29. The Morgan fingerprint density at radius 3 is 2.86 bits per heavy atom. The Balaban J connectivity index is 3.00. The molecule has 0 saturated heterocycles. The molecule has 0 aromatic carbocycles. The number of hydrogen-bond donors (Lipinski definition) is 1. The van der Waals surface area contributed by atoms with Gasteiger partial charge in [0, 0.05) is 24.4 Å². The van der Waals surface area contributed by atoms with Crippen LogP contribution >= 0.6 is 0 Å². The quantitative estimate of drug-likeness (QED) is 0.722. The van der Waals surface area contributed by atoms with E-state index in [1.807, 2.05) is 0 Å². The Morgan fingerprint density at radius 2 is 2.29 bits per heavy atom. The molecule has 76 valence electrons. The van der Waals surface area contributed by atoms with E-state index in [-0.39, 0.29) is 12.6 Å². The first-order valence-electron chi connectivity index (χ1n) is 4.34. The first kappa shape index (κ1) is 10.7. The highest BCUT2D eigenvalue weighted by atomic mass is 16.5. The molecule has 0 aliphatic rings. The molecule has 0 bridgehead atoms. The van der Waals surface area contributed by atoms with Gasteiger partial charge in [0.1, 0.15) is 0 Å². The normalized spacial score (nSPS) is 9.93. The zero-order valence-electron chi connectivity index (χ0n) is 8.28. The minimum atomic E-state index is -0.380. The molecule has 1 N–H and O–H groups in total. The predicted octanol–water partition coefficient (Wildman–Crippen LogP) is 0.711. The number of methoxy groups -OCH3 is 1. The molecule has 0 fully saturated rings. The third-order valence-electron chi connectivity index (χ3n) is 1.80. The number of carbonyl (C=O) groups is 1. The lowest BCUT2D eigenvalue weighted by Crippen LogP contribution is -2.05. The molecule has 0 saturated carbocycles. The lowest BCUT2D eigenvalue weighted by molar-refractivity contribution is 0.0600. The van der Waals surface area contributed by atoms with Gasteiger partial charge in [0.05, 0.1) is 12.7 Å². The summed E-state index contributed by atoms with van der Waals surface area (Å²) in [5.41, 5.74) is 1.92. The third kappa shape index (κ3) is 2.53. The molecule has 1 aromatic rings. The maximum Gasteiger partial charge on any atom is 0.337 e. The summed E-state index contributed by atoms with van der Waals surface area (Å²) in [5.74, 6) is -0.380. The number of ether oxygens (including phenoxy) is 1. The number of rotatable bonds is 3. The Morgan fingerprint density at radius 1 is 1.57 bits per heavy atom. The van der Waals surface area contributed by atoms with Crippen LogP contribution in [-0.4, -0.2) is 29.8 Å². The van der Waals surface area contributed by atoms with E-state index in [1.165, 1.54) is 7.11 Å². The van der Waals surface area contributed by atoms with E-state index in [4.69, 9.17) is 5.11 Å². The van der Waals surface area contributed by atoms with Gasteiger partial charge in [0.2, 0.25) is 0 Å². The molecule has 0 unspecified atom stereocenters. The van der Waals surface area contributed by atoms with Crippen molar-refractivity contribution in [1.82, 2.24) is 4.98 Å². The molecule has 4 heteroatoms. The van der Waals surface area contributed by atoms with Crippen molar-refractivity contribution in [3.63, 3.8) is 0 Å². The van der Waals surface area contributed by atoms with Gasteiger partial charge in [-0.3, -0.25) is 4.98 Å². The number of esters is 1. The number of carbonyl (C=O) groups excluding carboxylic acids is 1. The molecule has 0 radical (unpaired) electrons. The van der Waals surface area contributed by atoms with Crippen molar-refractivity contribution in [2.45, 2.75) is 13.3 Å². The number of nitrogens with zero attached hydrogens (tertiary/aromatic N) is 1. The molecule has 0 aliphatic heterocycles. The topological polar surface area (TPSA) is 59.4 Å². The first-order chi connectivity index (χ1) is 6.67. The maximum absolute atomic E-state index is 11.2. The van der Waals surface area contributed by atoms with Gasteiger partial charge < -0.3 is 9.84 Å². The van der Waals surface area contributed by atoms with Gasteiger partial charge in [-0.1, -0.05) is 0 Å². The van der Waals surface area contributed by atoms with Crippen LogP contribution in [0.4, 0.5) is 0 Å². The van der Waals surface area contributed by atoms with Crippen LogP contribution in [-0.2, 0) is 11.2 Å². The van der Waals surface area contributed by atoms with E-state index >= 15 is 0 Å². The number of hydrogen-bond acceptors (Lipinski definition) is 4. The van der Waals surface area contributed by atoms with Crippen molar-refractivity contribution < 1.29 is 14.6 Å². The van der Waals surface area contributed by atoms with Crippen molar-refractivity contribution in [3.8, 4) is 0 Å². The van der Waals surface area contributed by atoms with Crippen LogP contribution in [0.3, 0.4) is 0 Å². The molecule has 0 atom stereocenters. The maximum atomic E-state index is 11.2. The van der Waals surface area contributed by atoms with E-state index in [1.54, 1.807) is 19.1 Å². The number of aliphatic hydroxyl groups is 1. The van der Waals surface area contributed by atoms with Crippen molar-refractivity contribution >= 4 is 5.97 Å². The summed E-state index contributed by atoms with van der Waals surface area (Å²) in [4.78, 5) is 15.4. The molecule has 1 heterocycles. The van der Waals surface area contributed by atoms with Crippen LogP contribution in [0.25, 0.3) is 0 Å². The molecular weight excluding hydrogens is 182 g/mol. The molecule has 1 aromatic heterocycles. The lowest BCUT2D eigenvalue weighted by atomic mass is 10.1. The van der Waals surface area contributed by atoms with Crippen LogP contribution in [0, 0.1) is 6.92 Å². The largest absolute Gasteiger partial charge is 0.465 e. The minimum Gasteiger partial charge on any atom is -0.465 e. The van der Waals surface area contributed by atoms with Crippen molar-refractivity contribution in [2.24, 2.45) is 0 Å². The van der Waals surface area contributed by atoms with Crippen LogP contribution in [0.2, 0.25) is 0 Å². The summed E-state index contributed by atoms with van der Waals surface area (Å²) in [5, 5.41) is 8.74. The summed E-state index contributed by atoms with van der Waals surface area (Å²) in [6.45, 7) is 1.82. The Labute approximate surface area is 82.5 Å². The monoisotopic (exact) mass is 195 g/mol. The highest BCUT2D eigenvalue weighted by molar-refractivity contribution is 5.89. The van der Waals surface area contributed by atoms with E-state index in [0.717, 1.165) is 5.69 Å². The Bertz CT molecular complexity index is 336. The van der Waals surface area contributed by atoms with Crippen molar-refractivity contribution in [1.29, 1.82) is 0 Å². The standard InChI is InChI=1S/C10H13NO3/c1-7-5-8(10(13)14-2)6-9(11-7)3-4-12/h5-6,12H,3-4H2,1-2H3. The number of aryl methyl sites for hydroxylation is 1. The van der Waals surface area contributed by atoms with Crippen LogP contribution in [0.1, 0.15) is 21.7 Å². The summed E-state index contributed by atoms with van der Waals surface area (Å²) >= 11 is 0. The Hall–Kier alpha value is -1.42. The smallest absolute Gasteiger partial charge is 0.337 e. The van der Waals surface area contributed by atoms with Crippen molar-refractivity contribution in [3.05, 3.63) is 29.1 Å². The SMILES string of the molecule is COC(=O)c1cc(C)nc(CCO)c1. The highest BCUT2D eigenvalue weighted by Gasteiger charge is 2.07. The zero-order valence-corrected chi connectivity index (χ0v) is 8.28. The van der Waals surface area contributed by atoms with E-state index < -0.39 is 0 Å². The number of aliphatic hydroxyl groups excluding tert-OH is 1. The van der Waals surface area contributed by atoms with E-state index in [2.05, 4.69) is 9.72 Å². The van der Waals surface area contributed by atoms with Gasteiger partial charge in [-0.25, -0.2) is 4.79 Å². The van der Waals surface area contributed by atoms with Gasteiger partial charge in [0.15, 0.2) is 0 Å². The molecule has 4 nitrogen and oxygen atoms in total. The van der Waals surface area contributed by atoms with Gasteiger partial charge in [-0.2, -0.15) is 0 Å². The average molecular weight is 195 g/mol. The minimum absolute atomic E-state index is 0.0249. The molecule has 0 aliphatic carbocycles. The van der Waals surface area contributed by atoms with Gasteiger partial charge in [-0.15, -0.1) is 0 Å².